The number of anilines is 1. The summed E-state index contributed by atoms with van der Waals surface area (Å²) in [6, 6.07) is 12.8. The van der Waals surface area contributed by atoms with Gasteiger partial charge in [0.1, 0.15) is 11.5 Å². The molecule has 1 aliphatic rings. The Balaban J connectivity index is 1.78. The van der Waals surface area contributed by atoms with Gasteiger partial charge in [-0.15, -0.1) is 0 Å². The maximum absolute atomic E-state index is 11.6. The highest BCUT2D eigenvalue weighted by atomic mass is 79.9. The van der Waals surface area contributed by atoms with Gasteiger partial charge >= 0.3 is 0 Å². The third-order valence-electron chi connectivity index (χ3n) is 3.54. The molecule has 0 atom stereocenters. The lowest BCUT2D eigenvalue weighted by Gasteiger charge is -2.14. The topological polar surface area (TPSA) is 46.6 Å². The molecular formula is C18H14BrNO3. The summed E-state index contributed by atoms with van der Waals surface area (Å²) >= 11 is 3.50. The fourth-order valence-corrected chi connectivity index (χ4v) is 2.80. The standard InChI is InChI=1S/C18H14BrNO3/c1-2-12-3-8-16(15(19)11-12)23-14-6-4-13(5-7-14)20-17(21)9-10-18(20)22/h3-11H,2H2,1H3. The molecule has 0 radical (unpaired) electrons. The fourth-order valence-electron chi connectivity index (χ4n) is 2.29. The van der Waals surface area contributed by atoms with E-state index in [0.717, 1.165) is 15.8 Å². The van der Waals surface area contributed by atoms with Gasteiger partial charge in [-0.05, 0) is 64.3 Å². The molecule has 1 heterocycles. The number of carbonyl (C=O) groups excluding carboxylic acids is 2. The summed E-state index contributed by atoms with van der Waals surface area (Å²) in [5.41, 5.74) is 1.75. The maximum atomic E-state index is 11.6. The summed E-state index contributed by atoms with van der Waals surface area (Å²) in [6.07, 6.45) is 3.48. The predicted octanol–water partition coefficient (Wildman–Crippen LogP) is 4.23. The van der Waals surface area contributed by atoms with Gasteiger partial charge in [0.25, 0.3) is 11.8 Å². The average Bonchev–Trinajstić information content (AvgIpc) is 2.89. The minimum absolute atomic E-state index is 0.332. The molecule has 2 amide bonds. The van der Waals surface area contributed by atoms with Gasteiger partial charge in [0.15, 0.2) is 0 Å². The summed E-state index contributed by atoms with van der Waals surface area (Å²) in [5.74, 6) is 0.679. The Hall–Kier alpha value is -2.40. The van der Waals surface area contributed by atoms with Crippen molar-refractivity contribution in [3.8, 4) is 11.5 Å². The lowest BCUT2D eigenvalue weighted by Crippen LogP contribution is -2.29. The van der Waals surface area contributed by atoms with E-state index in [1.807, 2.05) is 18.2 Å². The number of imide groups is 1. The van der Waals surface area contributed by atoms with Crippen LogP contribution in [0.1, 0.15) is 12.5 Å². The molecular weight excluding hydrogens is 358 g/mol. The smallest absolute Gasteiger partial charge is 0.258 e. The lowest BCUT2D eigenvalue weighted by molar-refractivity contribution is -0.119. The molecule has 0 aliphatic carbocycles. The van der Waals surface area contributed by atoms with Crippen LogP contribution in [0.15, 0.2) is 59.1 Å². The first-order valence-electron chi connectivity index (χ1n) is 7.21. The van der Waals surface area contributed by atoms with E-state index in [-0.39, 0.29) is 11.8 Å². The van der Waals surface area contributed by atoms with Gasteiger partial charge in [-0.3, -0.25) is 9.59 Å². The maximum Gasteiger partial charge on any atom is 0.258 e. The second kappa shape index (κ2) is 6.38. The summed E-state index contributed by atoms with van der Waals surface area (Å²) in [4.78, 5) is 24.4. The van der Waals surface area contributed by atoms with Crippen molar-refractivity contribution in [3.05, 3.63) is 64.7 Å². The minimum atomic E-state index is -0.332. The summed E-state index contributed by atoms with van der Waals surface area (Å²) in [5, 5.41) is 0. The van der Waals surface area contributed by atoms with Gasteiger partial charge in [0.05, 0.1) is 10.2 Å². The van der Waals surface area contributed by atoms with Crippen LogP contribution in [0.2, 0.25) is 0 Å². The van der Waals surface area contributed by atoms with Crippen LogP contribution in [0.5, 0.6) is 11.5 Å². The van der Waals surface area contributed by atoms with Gasteiger partial charge in [-0.1, -0.05) is 13.0 Å². The first kappa shape index (κ1) is 15.5. The summed E-state index contributed by atoms with van der Waals surface area (Å²) < 4.78 is 6.71. The number of hydrogen-bond acceptors (Lipinski definition) is 3. The van der Waals surface area contributed by atoms with E-state index in [0.29, 0.717) is 17.2 Å². The van der Waals surface area contributed by atoms with Crippen molar-refractivity contribution < 1.29 is 14.3 Å². The number of aryl methyl sites for hydroxylation is 1. The molecule has 4 nitrogen and oxygen atoms in total. The number of rotatable bonds is 4. The Morgan fingerprint density at radius 2 is 1.65 bits per heavy atom. The van der Waals surface area contributed by atoms with Gasteiger partial charge < -0.3 is 4.74 Å². The Kier molecular flexibility index (Phi) is 4.30. The van der Waals surface area contributed by atoms with E-state index >= 15 is 0 Å². The lowest BCUT2D eigenvalue weighted by atomic mass is 10.2. The van der Waals surface area contributed by atoms with E-state index in [1.165, 1.54) is 17.7 Å². The molecule has 0 saturated heterocycles. The Morgan fingerprint density at radius 1 is 1.00 bits per heavy atom. The third kappa shape index (κ3) is 3.19. The van der Waals surface area contributed by atoms with Gasteiger partial charge in [-0.2, -0.15) is 0 Å². The molecule has 5 heteroatoms. The van der Waals surface area contributed by atoms with Gasteiger partial charge in [0.2, 0.25) is 0 Å². The zero-order chi connectivity index (χ0) is 16.4. The molecule has 116 valence electrons. The molecule has 0 fully saturated rings. The van der Waals surface area contributed by atoms with Crippen LogP contribution in [0.25, 0.3) is 0 Å². The van der Waals surface area contributed by atoms with Crippen LogP contribution in [0.4, 0.5) is 5.69 Å². The van der Waals surface area contributed by atoms with E-state index in [2.05, 4.69) is 22.9 Å². The van der Waals surface area contributed by atoms with E-state index in [1.54, 1.807) is 24.3 Å². The Bertz CT molecular complexity index is 778. The average molecular weight is 372 g/mol. The quantitative estimate of drug-likeness (QED) is 0.755. The number of nitrogens with zero attached hydrogens (tertiary/aromatic N) is 1. The van der Waals surface area contributed by atoms with E-state index < -0.39 is 0 Å². The molecule has 0 spiro atoms. The van der Waals surface area contributed by atoms with Crippen LogP contribution in [-0.2, 0) is 16.0 Å². The molecule has 0 aromatic heterocycles. The zero-order valence-electron chi connectivity index (χ0n) is 12.5. The van der Waals surface area contributed by atoms with Crippen LogP contribution >= 0.6 is 15.9 Å². The number of carbonyl (C=O) groups is 2. The molecule has 3 rings (SSSR count). The normalized spacial score (nSPS) is 13.7. The highest BCUT2D eigenvalue weighted by Crippen LogP contribution is 2.31. The van der Waals surface area contributed by atoms with Crippen molar-refractivity contribution in [1.82, 2.24) is 0 Å². The zero-order valence-corrected chi connectivity index (χ0v) is 14.0. The Morgan fingerprint density at radius 3 is 2.22 bits per heavy atom. The number of hydrogen-bond donors (Lipinski definition) is 0. The van der Waals surface area contributed by atoms with Crippen molar-refractivity contribution >= 4 is 33.4 Å². The Labute approximate surface area is 142 Å². The van der Waals surface area contributed by atoms with Crippen LogP contribution in [-0.4, -0.2) is 11.8 Å². The molecule has 2 aromatic carbocycles. The second-order valence-electron chi connectivity index (χ2n) is 5.06. The van der Waals surface area contributed by atoms with Crippen molar-refractivity contribution in [2.45, 2.75) is 13.3 Å². The highest BCUT2D eigenvalue weighted by Gasteiger charge is 2.24. The predicted molar refractivity (Wildman–Crippen MR) is 91.7 cm³/mol. The van der Waals surface area contributed by atoms with Gasteiger partial charge in [-0.25, -0.2) is 4.90 Å². The molecule has 0 saturated carbocycles. The van der Waals surface area contributed by atoms with Crippen molar-refractivity contribution in [2.75, 3.05) is 4.90 Å². The monoisotopic (exact) mass is 371 g/mol. The van der Waals surface area contributed by atoms with Crippen LogP contribution < -0.4 is 9.64 Å². The molecule has 0 N–H and O–H groups in total. The minimum Gasteiger partial charge on any atom is -0.456 e. The molecule has 2 aromatic rings. The SMILES string of the molecule is CCc1ccc(Oc2ccc(N3C(=O)C=CC3=O)cc2)c(Br)c1. The summed E-state index contributed by atoms with van der Waals surface area (Å²) in [7, 11) is 0. The van der Waals surface area contributed by atoms with Crippen LogP contribution in [0, 0.1) is 0 Å². The number of amides is 2. The largest absolute Gasteiger partial charge is 0.456 e. The van der Waals surface area contributed by atoms with E-state index in [9.17, 15) is 9.59 Å². The number of halogens is 1. The first-order chi connectivity index (χ1) is 11.1. The molecule has 23 heavy (non-hydrogen) atoms. The van der Waals surface area contributed by atoms with E-state index in [4.69, 9.17) is 4.74 Å². The highest BCUT2D eigenvalue weighted by molar-refractivity contribution is 9.10. The van der Waals surface area contributed by atoms with Crippen molar-refractivity contribution in [1.29, 1.82) is 0 Å². The van der Waals surface area contributed by atoms with Crippen molar-refractivity contribution in [3.63, 3.8) is 0 Å². The number of ether oxygens (including phenoxy) is 1. The van der Waals surface area contributed by atoms with Gasteiger partial charge in [0, 0.05) is 12.2 Å². The first-order valence-corrected chi connectivity index (χ1v) is 8.00. The third-order valence-corrected chi connectivity index (χ3v) is 4.16. The second-order valence-corrected chi connectivity index (χ2v) is 5.91. The number of benzene rings is 2. The van der Waals surface area contributed by atoms with Crippen molar-refractivity contribution in [2.24, 2.45) is 0 Å². The summed E-state index contributed by atoms with van der Waals surface area (Å²) in [6.45, 7) is 2.09. The fraction of sp³-hybridized carbons (Fsp3) is 0.111. The van der Waals surface area contributed by atoms with Crippen LogP contribution in [0.3, 0.4) is 0 Å². The molecule has 0 bridgehead atoms. The molecule has 0 unspecified atom stereocenters. The molecule has 1 aliphatic heterocycles.